The lowest BCUT2D eigenvalue weighted by Gasteiger charge is -2.52. The third-order valence-electron chi connectivity index (χ3n) is 4.94. The van der Waals surface area contributed by atoms with E-state index in [1.165, 1.54) is 0 Å². The van der Waals surface area contributed by atoms with Crippen LogP contribution >= 0.6 is 0 Å². The molecule has 0 aromatic carbocycles. The molecule has 0 aromatic heterocycles. The first-order valence-corrected chi connectivity index (χ1v) is 27.7. The molecule has 0 saturated carbocycles. The van der Waals surface area contributed by atoms with Crippen molar-refractivity contribution < 1.29 is 45.3 Å². The smallest absolute Gasteiger partial charge is 0.394 e. The second-order valence-corrected chi connectivity index (χ2v) is 36.8. The van der Waals surface area contributed by atoms with Crippen molar-refractivity contribution in [2.45, 2.75) is 52.4 Å². The van der Waals surface area contributed by atoms with Crippen molar-refractivity contribution in [1.82, 2.24) is 0 Å². The standard InChI is InChI=1S/C8H24O11Si8/c1-20-9-21(2)12-24(5)14-22(3,10-20)16-26(7)17-23(4,11-20)15-25(6,13-21)19-27(26,8)18-24/h1-8H3/t20?,21?,22-,23?,24?,25?,26?,27?/m0/s1. The van der Waals surface area contributed by atoms with Crippen LogP contribution in [0.15, 0.2) is 0 Å². The van der Waals surface area contributed by atoms with Gasteiger partial charge in [0.1, 0.15) is 0 Å². The molecule has 6 aliphatic heterocycles. The van der Waals surface area contributed by atoms with Gasteiger partial charge in [-0.15, -0.1) is 0 Å². The molecule has 7 unspecified atom stereocenters. The van der Waals surface area contributed by atoms with Crippen molar-refractivity contribution in [3.8, 4) is 0 Å². The van der Waals surface area contributed by atoms with Crippen LogP contribution in [0.2, 0.25) is 52.4 Å². The van der Waals surface area contributed by atoms with Gasteiger partial charge in [0.05, 0.1) is 0 Å². The van der Waals surface area contributed by atoms with Gasteiger partial charge in [-0.05, 0) is 13.1 Å². The Balaban J connectivity index is 1.84. The molecule has 8 atom stereocenters. The van der Waals surface area contributed by atoms with Gasteiger partial charge in [-0.2, -0.15) is 0 Å². The van der Waals surface area contributed by atoms with Gasteiger partial charge in [0, 0.05) is 39.3 Å². The molecular weight excluding hydrogens is 497 g/mol. The fourth-order valence-corrected chi connectivity index (χ4v) is 61.9. The highest BCUT2D eigenvalue weighted by atomic mass is 29.3. The van der Waals surface area contributed by atoms with Crippen LogP contribution in [-0.2, 0) is 45.3 Å². The van der Waals surface area contributed by atoms with Crippen molar-refractivity contribution in [2.75, 3.05) is 0 Å². The SMILES string of the molecule is C[Si]12O[Si]3(C)O[Si]4(C)O[Si](C)(O1)O[Si@@]1(C)O[Si](C)(O2)O[Si](C)(O3)[Si](C)(O4)O1. The second-order valence-electron chi connectivity index (χ2n) is 8.19. The van der Waals surface area contributed by atoms with E-state index in [1.54, 1.807) is 13.1 Å². The molecule has 154 valence electrons. The highest BCUT2D eigenvalue weighted by Gasteiger charge is 2.82. The molecule has 0 aliphatic carbocycles. The van der Waals surface area contributed by atoms with Gasteiger partial charge < -0.3 is 45.3 Å². The first-order valence-electron chi connectivity index (χ1n) is 8.74. The maximum absolute atomic E-state index is 6.61. The number of hydrogen-bond acceptors (Lipinski definition) is 11. The summed E-state index contributed by atoms with van der Waals surface area (Å²) in [6, 6.07) is 0. The molecule has 0 spiro atoms. The molecule has 6 aliphatic rings. The second kappa shape index (κ2) is 5.19. The summed E-state index contributed by atoms with van der Waals surface area (Å²) in [5, 5.41) is 0. The summed E-state index contributed by atoms with van der Waals surface area (Å²) in [4.78, 5) is 0. The van der Waals surface area contributed by atoms with Crippen LogP contribution in [0.25, 0.3) is 0 Å². The molecule has 11 nitrogen and oxygen atoms in total. The van der Waals surface area contributed by atoms with Crippen molar-refractivity contribution in [2.24, 2.45) is 0 Å². The predicted molar refractivity (Wildman–Crippen MR) is 105 cm³/mol. The summed E-state index contributed by atoms with van der Waals surface area (Å²) in [7, 11) is -26.0. The van der Waals surface area contributed by atoms with E-state index in [2.05, 4.69) is 0 Å². The zero-order valence-electron chi connectivity index (χ0n) is 16.5. The van der Waals surface area contributed by atoms with Crippen molar-refractivity contribution >= 4 is 69.0 Å². The lowest BCUT2D eigenvalue weighted by Crippen LogP contribution is -2.77. The third kappa shape index (κ3) is 3.00. The fourth-order valence-electron chi connectivity index (χ4n) is 4.56. The first kappa shape index (κ1) is 20.2. The lowest BCUT2D eigenvalue weighted by molar-refractivity contribution is 0.0359. The van der Waals surface area contributed by atoms with Gasteiger partial charge in [-0.1, -0.05) is 0 Å². The van der Waals surface area contributed by atoms with Gasteiger partial charge in [-0.3, -0.25) is 0 Å². The normalized spacial score (nSPS) is 67.6. The van der Waals surface area contributed by atoms with Crippen LogP contribution < -0.4 is 0 Å². The van der Waals surface area contributed by atoms with Gasteiger partial charge in [0.15, 0.2) is 0 Å². The molecule has 6 fully saturated rings. The van der Waals surface area contributed by atoms with E-state index >= 15 is 0 Å². The quantitative estimate of drug-likeness (QED) is 0.425. The van der Waals surface area contributed by atoms with Gasteiger partial charge in [0.25, 0.3) is 0 Å². The van der Waals surface area contributed by atoms with Gasteiger partial charge >= 0.3 is 69.0 Å². The highest BCUT2D eigenvalue weighted by Crippen LogP contribution is 2.50. The fraction of sp³-hybridized carbons (Fsp3) is 1.00. The van der Waals surface area contributed by atoms with Crippen LogP contribution in [-0.4, -0.2) is 69.0 Å². The van der Waals surface area contributed by atoms with E-state index < -0.39 is 69.0 Å². The molecule has 6 heterocycles. The highest BCUT2D eigenvalue weighted by molar-refractivity contribution is 7.37. The minimum Gasteiger partial charge on any atom is -0.394 e. The summed E-state index contributed by atoms with van der Waals surface area (Å²) in [6.45, 7) is 14.7. The molecule has 6 rings (SSSR count). The molecule has 27 heavy (non-hydrogen) atoms. The van der Waals surface area contributed by atoms with Crippen LogP contribution in [0.1, 0.15) is 0 Å². The summed E-state index contributed by atoms with van der Waals surface area (Å²) >= 11 is 0. The first-order chi connectivity index (χ1) is 12.0. The Morgan fingerprint density at radius 3 is 0.593 bits per heavy atom. The van der Waals surface area contributed by atoms with Crippen molar-refractivity contribution in [3.63, 3.8) is 0 Å². The van der Waals surface area contributed by atoms with Crippen LogP contribution in [0, 0.1) is 0 Å². The lowest BCUT2D eigenvalue weighted by atomic mass is 11.9. The third-order valence-corrected chi connectivity index (χ3v) is 48.1. The predicted octanol–water partition coefficient (Wildman–Crippen LogP) is 0.872. The zero-order valence-corrected chi connectivity index (χ0v) is 24.5. The Kier molecular flexibility index (Phi) is 3.89. The Morgan fingerprint density at radius 2 is 0.407 bits per heavy atom. The average Bonchev–Trinajstić information content (AvgIpc) is 2.35. The zero-order chi connectivity index (χ0) is 19.8. The summed E-state index contributed by atoms with van der Waals surface area (Å²) in [6.07, 6.45) is 0. The van der Waals surface area contributed by atoms with E-state index in [1.807, 2.05) is 39.3 Å². The summed E-state index contributed by atoms with van der Waals surface area (Å²) < 4.78 is 71.4. The molecule has 19 heteroatoms. The van der Waals surface area contributed by atoms with Crippen molar-refractivity contribution in [3.05, 3.63) is 0 Å². The monoisotopic (exact) mass is 520 g/mol. The van der Waals surface area contributed by atoms with Crippen molar-refractivity contribution in [1.29, 1.82) is 0 Å². The molecule has 0 amide bonds. The summed E-state index contributed by atoms with van der Waals surface area (Å²) in [5.74, 6) is 0. The van der Waals surface area contributed by atoms with E-state index in [-0.39, 0.29) is 0 Å². The largest absolute Gasteiger partial charge is 0.475 e. The maximum atomic E-state index is 6.61. The van der Waals surface area contributed by atoms with Gasteiger partial charge in [-0.25, -0.2) is 0 Å². The number of rotatable bonds is 0. The number of hydrogen-bond donors (Lipinski definition) is 0. The Bertz CT molecular complexity index is 630. The van der Waals surface area contributed by atoms with Crippen LogP contribution in [0.4, 0.5) is 0 Å². The van der Waals surface area contributed by atoms with Gasteiger partial charge in [0.2, 0.25) is 0 Å². The van der Waals surface area contributed by atoms with E-state index in [0.29, 0.717) is 0 Å². The molecule has 8 bridgehead atoms. The van der Waals surface area contributed by atoms with Crippen LogP contribution in [0.3, 0.4) is 0 Å². The minimum absolute atomic E-state index is 1.79. The average molecular weight is 521 g/mol. The van der Waals surface area contributed by atoms with E-state index in [4.69, 9.17) is 45.3 Å². The maximum Gasteiger partial charge on any atom is 0.475 e. The molecule has 0 N–H and O–H groups in total. The van der Waals surface area contributed by atoms with E-state index in [0.717, 1.165) is 0 Å². The summed E-state index contributed by atoms with van der Waals surface area (Å²) in [5.41, 5.74) is 0. The molecular formula is C8H24O11Si8. The molecule has 0 aromatic rings. The van der Waals surface area contributed by atoms with Crippen LogP contribution in [0.5, 0.6) is 0 Å². The Morgan fingerprint density at radius 1 is 0.259 bits per heavy atom. The topological polar surface area (TPSA) is 102 Å². The Hall–Kier alpha value is 1.30. The molecule has 0 radical (unpaired) electrons. The Labute approximate surface area is 166 Å². The minimum atomic E-state index is -3.32. The molecule has 6 saturated heterocycles. The van der Waals surface area contributed by atoms with E-state index in [9.17, 15) is 0 Å².